The number of rotatable bonds is 2. The monoisotopic (exact) mass is 280 g/mol. The zero-order valence-corrected chi connectivity index (χ0v) is 11.8. The van der Waals surface area contributed by atoms with E-state index in [-0.39, 0.29) is 11.8 Å². The number of hydrogen-bond acceptors (Lipinski definition) is 4. The Labute approximate surface area is 117 Å². The first kappa shape index (κ1) is 12.9. The summed E-state index contributed by atoms with van der Waals surface area (Å²) in [7, 11) is 0. The zero-order valence-electron chi connectivity index (χ0n) is 11.0. The van der Waals surface area contributed by atoms with E-state index in [1.54, 1.807) is 11.3 Å². The molecule has 0 spiro atoms. The summed E-state index contributed by atoms with van der Waals surface area (Å²) in [5, 5.41) is 13.2. The van der Waals surface area contributed by atoms with Crippen molar-refractivity contribution in [3.63, 3.8) is 0 Å². The molecule has 4 nitrogen and oxygen atoms in total. The molecule has 3 rings (SSSR count). The molecular formula is C14H20N2O2S. The number of anilines is 1. The third-order valence-electron chi connectivity index (χ3n) is 4.21. The van der Waals surface area contributed by atoms with Gasteiger partial charge in [-0.15, -0.1) is 11.3 Å². The lowest BCUT2D eigenvalue weighted by atomic mass is 10.0. The Morgan fingerprint density at radius 3 is 2.63 bits per heavy atom. The van der Waals surface area contributed by atoms with Gasteiger partial charge in [0.25, 0.3) is 0 Å². The quantitative estimate of drug-likeness (QED) is 0.894. The van der Waals surface area contributed by atoms with Crippen molar-refractivity contribution in [3.05, 3.63) is 17.5 Å². The van der Waals surface area contributed by atoms with Crippen LogP contribution >= 0.6 is 11.3 Å². The van der Waals surface area contributed by atoms with E-state index in [0.717, 1.165) is 45.4 Å². The number of carbonyl (C=O) groups excluding carboxylic acids is 1. The average Bonchev–Trinajstić information content (AvgIpc) is 3.09. The maximum Gasteiger partial charge on any atom is 0.228 e. The van der Waals surface area contributed by atoms with E-state index in [1.165, 1.54) is 5.00 Å². The van der Waals surface area contributed by atoms with Crippen molar-refractivity contribution in [2.24, 2.45) is 5.92 Å². The highest BCUT2D eigenvalue weighted by atomic mass is 32.1. The van der Waals surface area contributed by atoms with Gasteiger partial charge in [-0.2, -0.15) is 0 Å². The summed E-state index contributed by atoms with van der Waals surface area (Å²) in [5.41, 5.74) is 0. The van der Waals surface area contributed by atoms with Gasteiger partial charge in [-0.05, 0) is 36.8 Å². The number of amides is 1. The second-order valence-electron chi connectivity index (χ2n) is 5.37. The summed E-state index contributed by atoms with van der Waals surface area (Å²) in [5.74, 6) is 0.0177. The number of carbonyl (C=O) groups is 1. The van der Waals surface area contributed by atoms with Gasteiger partial charge in [-0.1, -0.05) is 0 Å². The van der Waals surface area contributed by atoms with Crippen molar-refractivity contribution in [2.45, 2.75) is 25.4 Å². The Morgan fingerprint density at radius 1 is 1.26 bits per heavy atom. The molecule has 1 amide bonds. The molecule has 2 atom stereocenters. The molecule has 2 heterocycles. The number of aliphatic hydroxyl groups is 1. The van der Waals surface area contributed by atoms with Gasteiger partial charge in [0, 0.05) is 26.2 Å². The summed E-state index contributed by atoms with van der Waals surface area (Å²) < 4.78 is 0. The van der Waals surface area contributed by atoms with Gasteiger partial charge < -0.3 is 14.9 Å². The third-order valence-corrected chi connectivity index (χ3v) is 5.13. The molecule has 1 saturated carbocycles. The van der Waals surface area contributed by atoms with Gasteiger partial charge in [0.05, 0.1) is 17.0 Å². The first-order chi connectivity index (χ1) is 9.25. The SMILES string of the molecule is O=C(C1CCCC1O)N1CCN(c2cccs2)CC1. The molecule has 2 aliphatic rings. The van der Waals surface area contributed by atoms with Crippen LogP contribution in [0, 0.1) is 5.92 Å². The minimum Gasteiger partial charge on any atom is -0.392 e. The van der Waals surface area contributed by atoms with Crippen LogP contribution in [0.5, 0.6) is 0 Å². The number of aliphatic hydroxyl groups excluding tert-OH is 1. The minimum absolute atomic E-state index is 0.145. The second kappa shape index (κ2) is 5.51. The van der Waals surface area contributed by atoms with Crippen LogP contribution in [0.1, 0.15) is 19.3 Å². The summed E-state index contributed by atoms with van der Waals surface area (Å²) in [6.07, 6.45) is 2.20. The van der Waals surface area contributed by atoms with Crippen LogP contribution in [0.3, 0.4) is 0 Å². The standard InChI is InChI=1S/C14H20N2O2S/c17-12-4-1-3-11(12)14(18)16-8-6-15(7-9-16)13-5-2-10-19-13/h2,5,10-12,17H,1,3-4,6-9H2. The molecule has 1 saturated heterocycles. The first-order valence-electron chi connectivity index (χ1n) is 7.01. The molecular weight excluding hydrogens is 260 g/mol. The van der Waals surface area contributed by atoms with Gasteiger partial charge in [0.1, 0.15) is 0 Å². The lowest BCUT2D eigenvalue weighted by molar-refractivity contribution is -0.138. The third kappa shape index (κ3) is 2.62. The van der Waals surface area contributed by atoms with Crippen molar-refractivity contribution in [2.75, 3.05) is 31.1 Å². The molecule has 1 aliphatic carbocycles. The van der Waals surface area contributed by atoms with Crippen molar-refractivity contribution in [1.29, 1.82) is 0 Å². The van der Waals surface area contributed by atoms with Gasteiger partial charge in [-0.3, -0.25) is 4.79 Å². The predicted octanol–water partition coefficient (Wildman–Crippen LogP) is 1.56. The van der Waals surface area contributed by atoms with Crippen LogP contribution in [0.4, 0.5) is 5.00 Å². The van der Waals surface area contributed by atoms with Crippen molar-refractivity contribution in [1.82, 2.24) is 4.90 Å². The molecule has 0 bridgehead atoms. The van der Waals surface area contributed by atoms with E-state index in [9.17, 15) is 9.90 Å². The molecule has 2 unspecified atom stereocenters. The molecule has 1 aliphatic heterocycles. The number of piperazine rings is 1. The topological polar surface area (TPSA) is 43.8 Å². The molecule has 0 radical (unpaired) electrons. The number of thiophene rings is 1. The van der Waals surface area contributed by atoms with Gasteiger partial charge in [0.2, 0.25) is 5.91 Å². The molecule has 1 aromatic rings. The van der Waals surface area contributed by atoms with E-state index in [4.69, 9.17) is 0 Å². The lowest BCUT2D eigenvalue weighted by Gasteiger charge is -2.36. The predicted molar refractivity (Wildman–Crippen MR) is 76.5 cm³/mol. The van der Waals surface area contributed by atoms with Crippen molar-refractivity contribution < 1.29 is 9.90 Å². The maximum absolute atomic E-state index is 12.4. The Bertz CT molecular complexity index is 427. The summed E-state index contributed by atoms with van der Waals surface area (Å²) >= 11 is 1.75. The smallest absolute Gasteiger partial charge is 0.228 e. The Hall–Kier alpha value is -1.07. The molecule has 0 aromatic carbocycles. The van der Waals surface area contributed by atoms with Crippen LogP contribution < -0.4 is 4.90 Å². The molecule has 2 fully saturated rings. The minimum atomic E-state index is -0.414. The molecule has 19 heavy (non-hydrogen) atoms. The lowest BCUT2D eigenvalue weighted by Crippen LogP contribution is -2.51. The van der Waals surface area contributed by atoms with Crippen LogP contribution in [0.2, 0.25) is 0 Å². The van der Waals surface area contributed by atoms with E-state index in [1.807, 2.05) is 4.90 Å². The highest BCUT2D eigenvalue weighted by Gasteiger charge is 2.35. The summed E-state index contributed by atoms with van der Waals surface area (Å²) in [6.45, 7) is 3.35. The van der Waals surface area contributed by atoms with Gasteiger partial charge >= 0.3 is 0 Å². The zero-order chi connectivity index (χ0) is 13.2. The Morgan fingerprint density at radius 2 is 2.05 bits per heavy atom. The average molecular weight is 280 g/mol. The van der Waals surface area contributed by atoms with E-state index < -0.39 is 6.10 Å². The maximum atomic E-state index is 12.4. The van der Waals surface area contributed by atoms with Crippen LogP contribution in [-0.4, -0.2) is 48.2 Å². The van der Waals surface area contributed by atoms with E-state index in [2.05, 4.69) is 22.4 Å². The van der Waals surface area contributed by atoms with Gasteiger partial charge in [0.15, 0.2) is 0 Å². The number of nitrogens with zero attached hydrogens (tertiary/aromatic N) is 2. The van der Waals surface area contributed by atoms with Crippen LogP contribution in [0.25, 0.3) is 0 Å². The highest BCUT2D eigenvalue weighted by molar-refractivity contribution is 7.14. The largest absolute Gasteiger partial charge is 0.392 e. The highest BCUT2D eigenvalue weighted by Crippen LogP contribution is 2.28. The Kier molecular flexibility index (Phi) is 3.75. The van der Waals surface area contributed by atoms with Crippen molar-refractivity contribution >= 4 is 22.2 Å². The molecule has 1 aromatic heterocycles. The molecule has 104 valence electrons. The fourth-order valence-corrected chi connectivity index (χ4v) is 3.85. The first-order valence-corrected chi connectivity index (χ1v) is 7.89. The summed E-state index contributed by atoms with van der Waals surface area (Å²) in [4.78, 5) is 16.6. The molecule has 1 N–H and O–H groups in total. The van der Waals surface area contributed by atoms with Gasteiger partial charge in [-0.25, -0.2) is 0 Å². The van der Waals surface area contributed by atoms with E-state index in [0.29, 0.717) is 0 Å². The fraction of sp³-hybridized carbons (Fsp3) is 0.643. The van der Waals surface area contributed by atoms with E-state index >= 15 is 0 Å². The second-order valence-corrected chi connectivity index (χ2v) is 6.29. The van der Waals surface area contributed by atoms with Crippen LogP contribution in [-0.2, 0) is 4.79 Å². The Balaban J connectivity index is 1.56. The molecule has 5 heteroatoms. The number of hydrogen-bond donors (Lipinski definition) is 1. The van der Waals surface area contributed by atoms with Crippen LogP contribution in [0.15, 0.2) is 17.5 Å². The summed E-state index contributed by atoms with van der Waals surface area (Å²) in [6, 6.07) is 4.19. The van der Waals surface area contributed by atoms with Crippen molar-refractivity contribution in [3.8, 4) is 0 Å². The normalized spacial score (nSPS) is 27.8. The fourth-order valence-electron chi connectivity index (χ4n) is 3.06.